The molecule has 0 aromatic rings. The standard InChI is InChI=1S/C47H80O15/c1-3-5-7-9-11-13-15-17-19-21-23-25-27-29-38(49)57-32-35(60-39(50)30-28-26-24-22-20-18-16-14-12-10-8-6-4-2)33-58-46-45(56)43(54)41(52)37(62-46)34-59-47-44(55)42(53)40(51)36(31-48)61-47/h6,8,12,14,18,20,24,26,35-37,40-48,51-56H,3-5,7,9-11,13,15-17,19,21-23,25,27-34H2,1-2H3/b8-6-,14-12-,20-18-,26-24-. The van der Waals surface area contributed by atoms with Crippen molar-refractivity contribution in [1.29, 1.82) is 0 Å². The first-order valence-electron chi connectivity index (χ1n) is 23.2. The maximum atomic E-state index is 12.9. The molecule has 2 rings (SSSR count). The lowest BCUT2D eigenvalue weighted by molar-refractivity contribution is -0.332. The summed E-state index contributed by atoms with van der Waals surface area (Å²) < 4.78 is 33.4. The summed E-state index contributed by atoms with van der Waals surface area (Å²) in [5.41, 5.74) is 0. The summed E-state index contributed by atoms with van der Waals surface area (Å²) >= 11 is 0. The molecule has 0 spiro atoms. The van der Waals surface area contributed by atoms with Crippen molar-refractivity contribution in [3.8, 4) is 0 Å². The quantitative estimate of drug-likeness (QED) is 0.0252. The van der Waals surface area contributed by atoms with E-state index in [1.54, 1.807) is 0 Å². The molecule has 2 heterocycles. The Labute approximate surface area is 369 Å². The molecule has 2 aliphatic heterocycles. The number of unbranched alkanes of at least 4 members (excludes halogenated alkanes) is 12. The maximum absolute atomic E-state index is 12.9. The van der Waals surface area contributed by atoms with Gasteiger partial charge in [0, 0.05) is 12.8 Å². The number of hydrogen-bond acceptors (Lipinski definition) is 15. The smallest absolute Gasteiger partial charge is 0.306 e. The summed E-state index contributed by atoms with van der Waals surface area (Å²) in [6.45, 7) is 2.37. The molecule has 2 fully saturated rings. The zero-order valence-electron chi connectivity index (χ0n) is 37.3. The van der Waals surface area contributed by atoms with Crippen LogP contribution < -0.4 is 0 Å². The van der Waals surface area contributed by atoms with Crippen LogP contribution >= 0.6 is 0 Å². The second-order valence-electron chi connectivity index (χ2n) is 16.2. The Hall–Kier alpha value is -2.54. The average molecular weight is 885 g/mol. The second-order valence-corrected chi connectivity index (χ2v) is 16.2. The van der Waals surface area contributed by atoms with Gasteiger partial charge in [0.25, 0.3) is 0 Å². The third-order valence-corrected chi connectivity index (χ3v) is 10.8. The first-order chi connectivity index (χ1) is 30.0. The molecule has 0 aromatic heterocycles. The van der Waals surface area contributed by atoms with E-state index < -0.39 is 99.3 Å². The van der Waals surface area contributed by atoms with Crippen LogP contribution in [0.5, 0.6) is 0 Å². The van der Waals surface area contributed by atoms with E-state index >= 15 is 0 Å². The van der Waals surface area contributed by atoms with Crippen molar-refractivity contribution in [2.45, 2.75) is 210 Å². The minimum atomic E-state index is -1.78. The van der Waals surface area contributed by atoms with Crippen LogP contribution in [0.2, 0.25) is 0 Å². The van der Waals surface area contributed by atoms with Crippen molar-refractivity contribution < 1.29 is 73.8 Å². The van der Waals surface area contributed by atoms with Crippen LogP contribution in [-0.4, -0.2) is 142 Å². The van der Waals surface area contributed by atoms with Crippen LogP contribution in [0.25, 0.3) is 0 Å². The van der Waals surface area contributed by atoms with Gasteiger partial charge in [-0.15, -0.1) is 0 Å². The number of aliphatic hydroxyl groups excluding tert-OH is 7. The monoisotopic (exact) mass is 885 g/mol. The zero-order valence-corrected chi connectivity index (χ0v) is 37.3. The number of rotatable bonds is 34. The molecule has 2 saturated heterocycles. The van der Waals surface area contributed by atoms with Crippen molar-refractivity contribution in [1.82, 2.24) is 0 Å². The van der Waals surface area contributed by atoms with E-state index in [1.807, 2.05) is 18.2 Å². The minimum absolute atomic E-state index is 0.0441. The Morgan fingerprint density at radius 2 is 1.02 bits per heavy atom. The second kappa shape index (κ2) is 34.8. The molecule has 11 unspecified atom stereocenters. The van der Waals surface area contributed by atoms with Gasteiger partial charge in [-0.1, -0.05) is 140 Å². The van der Waals surface area contributed by atoms with Gasteiger partial charge >= 0.3 is 11.9 Å². The van der Waals surface area contributed by atoms with E-state index in [0.29, 0.717) is 19.3 Å². The van der Waals surface area contributed by atoms with Crippen molar-refractivity contribution in [3.05, 3.63) is 48.6 Å². The number of esters is 2. The largest absolute Gasteiger partial charge is 0.462 e. The van der Waals surface area contributed by atoms with Gasteiger partial charge in [-0.3, -0.25) is 9.59 Å². The van der Waals surface area contributed by atoms with Gasteiger partial charge < -0.3 is 64.2 Å². The van der Waals surface area contributed by atoms with E-state index in [1.165, 1.54) is 57.8 Å². The fraction of sp³-hybridized carbons (Fsp3) is 0.787. The number of hydrogen-bond donors (Lipinski definition) is 7. The van der Waals surface area contributed by atoms with E-state index in [9.17, 15) is 45.3 Å². The molecular formula is C47H80O15. The Morgan fingerprint density at radius 3 is 1.56 bits per heavy atom. The van der Waals surface area contributed by atoms with Crippen LogP contribution in [0, 0.1) is 0 Å². The van der Waals surface area contributed by atoms with Gasteiger partial charge in [-0.05, 0) is 38.5 Å². The minimum Gasteiger partial charge on any atom is -0.462 e. The van der Waals surface area contributed by atoms with Crippen LogP contribution in [0.4, 0.5) is 0 Å². The van der Waals surface area contributed by atoms with Gasteiger partial charge in [0.2, 0.25) is 0 Å². The first-order valence-corrected chi connectivity index (χ1v) is 23.2. The van der Waals surface area contributed by atoms with Crippen molar-refractivity contribution in [2.75, 3.05) is 26.4 Å². The molecule has 11 atom stereocenters. The summed E-state index contributed by atoms with van der Waals surface area (Å²) in [5.74, 6) is -1.02. The molecule has 62 heavy (non-hydrogen) atoms. The number of allylic oxidation sites excluding steroid dienone is 8. The molecule has 15 nitrogen and oxygen atoms in total. The fourth-order valence-corrected chi connectivity index (χ4v) is 6.99. The molecular weight excluding hydrogens is 805 g/mol. The average Bonchev–Trinajstić information content (AvgIpc) is 3.26. The summed E-state index contributed by atoms with van der Waals surface area (Å²) in [4.78, 5) is 25.6. The van der Waals surface area contributed by atoms with Gasteiger partial charge in [-0.25, -0.2) is 0 Å². The van der Waals surface area contributed by atoms with Crippen LogP contribution in [0.3, 0.4) is 0 Å². The first kappa shape index (κ1) is 55.6. The van der Waals surface area contributed by atoms with E-state index in [2.05, 4.69) is 44.2 Å². The highest BCUT2D eigenvalue weighted by atomic mass is 16.7. The predicted molar refractivity (Wildman–Crippen MR) is 233 cm³/mol. The van der Waals surface area contributed by atoms with Gasteiger partial charge in [-0.2, -0.15) is 0 Å². The molecule has 0 aromatic carbocycles. The normalized spacial score (nSPS) is 27.5. The highest BCUT2D eigenvalue weighted by Gasteiger charge is 2.47. The molecule has 0 amide bonds. The molecule has 0 aliphatic carbocycles. The molecule has 0 saturated carbocycles. The number of carbonyl (C=O) groups is 2. The van der Waals surface area contributed by atoms with Gasteiger partial charge in [0.15, 0.2) is 18.7 Å². The summed E-state index contributed by atoms with van der Waals surface area (Å²) in [7, 11) is 0. The van der Waals surface area contributed by atoms with Crippen molar-refractivity contribution in [2.24, 2.45) is 0 Å². The van der Waals surface area contributed by atoms with Gasteiger partial charge in [0.05, 0.1) is 19.8 Å². The third-order valence-electron chi connectivity index (χ3n) is 10.8. The zero-order chi connectivity index (χ0) is 45.4. The van der Waals surface area contributed by atoms with Crippen LogP contribution in [-0.2, 0) is 38.0 Å². The lowest BCUT2D eigenvalue weighted by atomic mass is 9.98. The molecule has 0 radical (unpaired) electrons. The van der Waals surface area contributed by atoms with E-state index in [0.717, 1.165) is 38.5 Å². The molecule has 7 N–H and O–H groups in total. The Balaban J connectivity index is 1.88. The van der Waals surface area contributed by atoms with Crippen LogP contribution in [0.15, 0.2) is 48.6 Å². The summed E-state index contributed by atoms with van der Waals surface area (Å²) in [5, 5.41) is 71.8. The molecule has 2 aliphatic rings. The number of ether oxygens (including phenoxy) is 6. The molecule has 0 bridgehead atoms. The molecule has 15 heteroatoms. The Bertz CT molecular complexity index is 1270. The summed E-state index contributed by atoms with van der Waals surface area (Å²) in [6.07, 6.45) is 18.9. The highest BCUT2D eigenvalue weighted by Crippen LogP contribution is 2.26. The molecule has 358 valence electrons. The van der Waals surface area contributed by atoms with E-state index in [-0.39, 0.29) is 19.4 Å². The topological polar surface area (TPSA) is 231 Å². The van der Waals surface area contributed by atoms with Crippen molar-refractivity contribution >= 4 is 11.9 Å². The Kier molecular flexibility index (Phi) is 31.2. The Morgan fingerprint density at radius 1 is 0.532 bits per heavy atom. The number of carbonyl (C=O) groups excluding carboxylic acids is 2. The predicted octanol–water partition coefficient (Wildman–Crippen LogP) is 5.15. The maximum Gasteiger partial charge on any atom is 0.306 e. The lowest BCUT2D eigenvalue weighted by Gasteiger charge is -2.42. The fourth-order valence-electron chi connectivity index (χ4n) is 6.99. The van der Waals surface area contributed by atoms with Gasteiger partial charge in [0.1, 0.15) is 55.4 Å². The van der Waals surface area contributed by atoms with Crippen molar-refractivity contribution in [3.63, 3.8) is 0 Å². The van der Waals surface area contributed by atoms with Crippen LogP contribution in [0.1, 0.15) is 142 Å². The van der Waals surface area contributed by atoms with E-state index in [4.69, 9.17) is 28.4 Å². The number of aliphatic hydroxyl groups is 7. The SMILES string of the molecule is CC/C=C\C/C=C\C/C=C\C/C=C\CCC(=O)OC(COC(=O)CCCCCCCCCCCCCCC)COC1OC(COC2OC(CO)C(O)C(O)C2O)C(O)C(O)C1O. The highest BCUT2D eigenvalue weighted by molar-refractivity contribution is 5.70. The summed E-state index contributed by atoms with van der Waals surface area (Å²) in [6, 6.07) is 0. The lowest BCUT2D eigenvalue weighted by Crippen LogP contribution is -2.61. The third kappa shape index (κ3) is 23.4.